The van der Waals surface area contributed by atoms with E-state index in [1.165, 1.54) is 17.0 Å². The minimum atomic E-state index is -1.32. The van der Waals surface area contributed by atoms with Gasteiger partial charge in [-0.05, 0) is 30.5 Å². The van der Waals surface area contributed by atoms with Crippen LogP contribution in [-0.4, -0.2) is 30.3 Å². The molecule has 0 aromatic heterocycles. The molecule has 0 atom stereocenters. The monoisotopic (exact) mass is 279 g/mol. The molecule has 20 heavy (non-hydrogen) atoms. The second-order valence-corrected chi connectivity index (χ2v) is 4.39. The Kier molecular flexibility index (Phi) is 4.02. The number of anilines is 1. The first kappa shape index (κ1) is 14.0. The van der Waals surface area contributed by atoms with Crippen molar-refractivity contribution < 1.29 is 23.8 Å². The van der Waals surface area contributed by atoms with Gasteiger partial charge in [-0.2, -0.15) is 0 Å². The molecular weight excluding hydrogens is 265 g/mol. The van der Waals surface area contributed by atoms with Gasteiger partial charge in [0.15, 0.2) is 0 Å². The van der Waals surface area contributed by atoms with Crippen LogP contribution in [0.15, 0.2) is 24.8 Å². The van der Waals surface area contributed by atoms with E-state index < -0.39 is 17.9 Å². The number of benzene rings is 1. The maximum absolute atomic E-state index is 13.7. The zero-order valence-corrected chi connectivity index (χ0v) is 10.8. The van der Waals surface area contributed by atoms with Gasteiger partial charge in [0, 0.05) is 6.54 Å². The Morgan fingerprint density at radius 2 is 2.25 bits per heavy atom. The van der Waals surface area contributed by atoms with Crippen LogP contribution in [0.25, 0.3) is 0 Å². The summed E-state index contributed by atoms with van der Waals surface area (Å²) < 4.78 is 18.7. The zero-order valence-electron chi connectivity index (χ0n) is 10.8. The molecule has 0 bridgehead atoms. The van der Waals surface area contributed by atoms with Gasteiger partial charge in [-0.1, -0.05) is 12.7 Å². The largest absolute Gasteiger partial charge is 0.478 e. The number of carboxylic acids is 1. The summed E-state index contributed by atoms with van der Waals surface area (Å²) in [7, 11) is 0. The Morgan fingerprint density at radius 1 is 1.50 bits per heavy atom. The molecule has 0 saturated carbocycles. The number of rotatable bonds is 3. The van der Waals surface area contributed by atoms with Crippen molar-refractivity contribution in [3.8, 4) is 0 Å². The second-order valence-electron chi connectivity index (χ2n) is 4.39. The lowest BCUT2D eigenvalue weighted by atomic mass is 9.99. The average Bonchev–Trinajstić information content (AvgIpc) is 2.43. The number of carbonyl (C=O) groups is 2. The molecule has 1 amide bonds. The van der Waals surface area contributed by atoms with Gasteiger partial charge in [-0.25, -0.2) is 14.0 Å². The molecule has 0 radical (unpaired) electrons. The normalized spacial score (nSPS) is 13.6. The van der Waals surface area contributed by atoms with Crippen molar-refractivity contribution in [3.63, 3.8) is 0 Å². The molecule has 1 aliphatic rings. The van der Waals surface area contributed by atoms with Crippen molar-refractivity contribution in [1.29, 1.82) is 0 Å². The summed E-state index contributed by atoms with van der Waals surface area (Å²) in [6, 6.07) is 2.35. The van der Waals surface area contributed by atoms with Crippen molar-refractivity contribution in [2.24, 2.45) is 0 Å². The highest BCUT2D eigenvalue weighted by Crippen LogP contribution is 2.30. The highest BCUT2D eigenvalue weighted by molar-refractivity contribution is 5.92. The molecule has 1 N–H and O–H groups in total. The molecule has 0 fully saturated rings. The van der Waals surface area contributed by atoms with Gasteiger partial charge in [0.2, 0.25) is 0 Å². The van der Waals surface area contributed by atoms with Gasteiger partial charge in [-0.3, -0.25) is 4.90 Å². The Morgan fingerprint density at radius 3 is 2.90 bits per heavy atom. The standard InChI is InChI=1S/C14H14FNO4/c1-2-6-20-14(19)16-5-3-4-9-7-10(13(17)18)11(15)8-12(9)16/h2,7-8H,1,3-6H2,(H,17,18). The van der Waals surface area contributed by atoms with E-state index in [-0.39, 0.29) is 12.2 Å². The summed E-state index contributed by atoms with van der Waals surface area (Å²) >= 11 is 0. The van der Waals surface area contributed by atoms with Crippen LogP contribution in [0.2, 0.25) is 0 Å². The van der Waals surface area contributed by atoms with Gasteiger partial charge in [0.05, 0.1) is 11.3 Å². The van der Waals surface area contributed by atoms with Crippen molar-refractivity contribution in [2.45, 2.75) is 12.8 Å². The van der Waals surface area contributed by atoms with Crippen molar-refractivity contribution in [1.82, 2.24) is 0 Å². The van der Waals surface area contributed by atoms with E-state index in [0.29, 0.717) is 30.6 Å². The first-order valence-electron chi connectivity index (χ1n) is 6.15. The summed E-state index contributed by atoms with van der Waals surface area (Å²) in [6.07, 6.45) is 2.12. The van der Waals surface area contributed by atoms with Gasteiger partial charge in [0.1, 0.15) is 12.4 Å². The lowest BCUT2D eigenvalue weighted by Gasteiger charge is -2.28. The molecule has 0 unspecified atom stereocenters. The third-order valence-corrected chi connectivity index (χ3v) is 3.06. The van der Waals surface area contributed by atoms with E-state index in [0.717, 1.165) is 6.07 Å². The number of aryl methyl sites for hydroxylation is 1. The summed E-state index contributed by atoms with van der Waals surface area (Å²) in [6.45, 7) is 3.93. The quantitative estimate of drug-likeness (QED) is 0.864. The van der Waals surface area contributed by atoms with Crippen LogP contribution in [0, 0.1) is 5.82 Å². The van der Waals surface area contributed by atoms with Gasteiger partial charge < -0.3 is 9.84 Å². The third-order valence-electron chi connectivity index (χ3n) is 3.06. The van der Waals surface area contributed by atoms with Gasteiger partial charge in [-0.15, -0.1) is 0 Å². The van der Waals surface area contributed by atoms with E-state index in [4.69, 9.17) is 9.84 Å². The number of aromatic carboxylic acids is 1. The SMILES string of the molecule is C=CCOC(=O)N1CCCc2cc(C(=O)O)c(F)cc21. The topological polar surface area (TPSA) is 66.8 Å². The third kappa shape index (κ3) is 2.64. The molecular formula is C14H14FNO4. The molecule has 106 valence electrons. The fraction of sp³-hybridized carbons (Fsp3) is 0.286. The summed E-state index contributed by atoms with van der Waals surface area (Å²) in [5, 5.41) is 8.90. The maximum atomic E-state index is 13.7. The fourth-order valence-corrected chi connectivity index (χ4v) is 2.17. The average molecular weight is 279 g/mol. The number of ether oxygens (including phenoxy) is 1. The molecule has 2 rings (SSSR count). The first-order valence-corrected chi connectivity index (χ1v) is 6.15. The summed E-state index contributed by atoms with van der Waals surface area (Å²) in [5.74, 6) is -2.18. The molecule has 1 aliphatic heterocycles. The molecule has 6 heteroatoms. The number of carbonyl (C=O) groups excluding carboxylic acids is 1. The minimum Gasteiger partial charge on any atom is -0.478 e. The van der Waals surface area contributed by atoms with Crippen molar-refractivity contribution in [3.05, 3.63) is 41.7 Å². The van der Waals surface area contributed by atoms with Crippen LogP contribution < -0.4 is 4.90 Å². The predicted molar refractivity (Wildman–Crippen MR) is 70.6 cm³/mol. The van der Waals surface area contributed by atoms with Gasteiger partial charge in [0.25, 0.3) is 0 Å². The molecule has 1 aromatic carbocycles. The summed E-state index contributed by atoms with van der Waals surface area (Å²) in [4.78, 5) is 24.1. The Labute approximate surface area is 115 Å². The number of nitrogens with zero attached hydrogens (tertiary/aromatic N) is 1. The van der Waals surface area contributed by atoms with Crippen LogP contribution in [-0.2, 0) is 11.2 Å². The van der Waals surface area contributed by atoms with E-state index in [9.17, 15) is 14.0 Å². The molecule has 0 aliphatic carbocycles. The number of amides is 1. The number of fused-ring (bicyclic) bond motifs is 1. The summed E-state index contributed by atoms with van der Waals surface area (Å²) in [5.41, 5.74) is 0.614. The van der Waals surface area contributed by atoms with Crippen LogP contribution in [0.1, 0.15) is 22.3 Å². The lowest BCUT2D eigenvalue weighted by Crippen LogP contribution is -2.36. The van der Waals surface area contributed by atoms with E-state index in [1.807, 2.05) is 0 Å². The molecule has 0 spiro atoms. The Balaban J connectivity index is 2.36. The van der Waals surface area contributed by atoms with Crippen LogP contribution >= 0.6 is 0 Å². The maximum Gasteiger partial charge on any atom is 0.414 e. The van der Waals surface area contributed by atoms with E-state index in [2.05, 4.69) is 6.58 Å². The highest BCUT2D eigenvalue weighted by Gasteiger charge is 2.26. The van der Waals surface area contributed by atoms with Crippen LogP contribution in [0.5, 0.6) is 0 Å². The zero-order chi connectivity index (χ0) is 14.7. The predicted octanol–water partition coefficient (Wildman–Crippen LogP) is 2.60. The molecule has 5 nitrogen and oxygen atoms in total. The lowest BCUT2D eigenvalue weighted by molar-refractivity contribution is 0.0691. The van der Waals surface area contributed by atoms with Crippen molar-refractivity contribution >= 4 is 17.7 Å². The molecule has 1 heterocycles. The number of hydrogen-bond acceptors (Lipinski definition) is 3. The van der Waals surface area contributed by atoms with Crippen LogP contribution in [0.4, 0.5) is 14.9 Å². The van der Waals surface area contributed by atoms with E-state index >= 15 is 0 Å². The smallest absolute Gasteiger partial charge is 0.414 e. The van der Waals surface area contributed by atoms with E-state index in [1.54, 1.807) is 0 Å². The second kappa shape index (κ2) is 5.73. The molecule has 1 aromatic rings. The number of halogens is 1. The van der Waals surface area contributed by atoms with Gasteiger partial charge >= 0.3 is 12.1 Å². The number of hydrogen-bond donors (Lipinski definition) is 1. The van der Waals surface area contributed by atoms with Crippen LogP contribution in [0.3, 0.4) is 0 Å². The highest BCUT2D eigenvalue weighted by atomic mass is 19.1. The molecule has 0 saturated heterocycles. The Hall–Kier alpha value is -2.37. The first-order chi connectivity index (χ1) is 9.54. The fourth-order valence-electron chi connectivity index (χ4n) is 2.17. The number of carboxylic acid groups (broad SMARTS) is 1. The Bertz CT molecular complexity index is 571. The minimum absolute atomic E-state index is 0.0698. The van der Waals surface area contributed by atoms with Crippen molar-refractivity contribution in [2.75, 3.05) is 18.1 Å².